The van der Waals surface area contributed by atoms with Gasteiger partial charge in [-0.3, -0.25) is 0 Å². The minimum atomic E-state index is -0.577. The summed E-state index contributed by atoms with van der Waals surface area (Å²) in [6.45, 7) is 8.75. The Morgan fingerprint density at radius 3 is 1.37 bits per heavy atom. The summed E-state index contributed by atoms with van der Waals surface area (Å²) >= 11 is 1.43. The number of para-hydroxylation sites is 1. The van der Waals surface area contributed by atoms with Gasteiger partial charge in [-0.15, -0.1) is 11.3 Å². The molecule has 6 aromatic carbocycles. The van der Waals surface area contributed by atoms with Crippen LogP contribution in [0.25, 0.3) is 20.8 Å². The molecule has 0 bridgehead atoms. The number of carbonyl (C=O) groups excluding carboxylic acids is 4. The number of hydrogen-bond donors (Lipinski definition) is 0. The van der Waals surface area contributed by atoms with E-state index in [1.165, 1.54) is 23.5 Å². The number of fused-ring (bicyclic) bond motifs is 1. The molecule has 0 saturated carbocycles. The van der Waals surface area contributed by atoms with Crippen LogP contribution < -0.4 is 18.9 Å². The third kappa shape index (κ3) is 16.7. The quantitative estimate of drug-likeness (QED) is 0.0199. The summed E-state index contributed by atoms with van der Waals surface area (Å²) in [7, 11) is 0. The number of thiazole rings is 1. The van der Waals surface area contributed by atoms with Crippen molar-refractivity contribution in [1.82, 2.24) is 4.98 Å². The predicted octanol–water partition coefficient (Wildman–Crippen LogP) is 12.5. The van der Waals surface area contributed by atoms with Crippen LogP contribution in [0.5, 0.6) is 23.0 Å². The van der Waals surface area contributed by atoms with E-state index in [1.807, 2.05) is 72.8 Å². The van der Waals surface area contributed by atoms with Gasteiger partial charge in [0.2, 0.25) is 0 Å². The summed E-state index contributed by atoms with van der Waals surface area (Å²) in [5, 5.41) is 0.587. The first-order valence-corrected chi connectivity index (χ1v) is 24.8. The molecule has 7 aromatic rings. The van der Waals surface area contributed by atoms with Crippen molar-refractivity contribution in [1.29, 1.82) is 0 Å². The molecule has 0 aliphatic carbocycles. The lowest BCUT2D eigenvalue weighted by molar-refractivity contribution is -0.138. The van der Waals surface area contributed by atoms with E-state index in [2.05, 4.69) is 36.8 Å². The number of rotatable bonds is 23. The molecule has 0 saturated heterocycles. The van der Waals surface area contributed by atoms with Crippen LogP contribution in [0.1, 0.15) is 94.3 Å². The highest BCUT2D eigenvalue weighted by Crippen LogP contribution is 2.38. The van der Waals surface area contributed by atoms with Crippen LogP contribution in [-0.4, -0.2) is 55.3 Å². The molecule has 0 radical (unpaired) electrons. The van der Waals surface area contributed by atoms with Crippen molar-refractivity contribution in [3.8, 4) is 57.3 Å². The van der Waals surface area contributed by atoms with Crippen molar-refractivity contribution in [3.05, 3.63) is 198 Å². The van der Waals surface area contributed by atoms with Crippen molar-refractivity contribution in [2.24, 2.45) is 0 Å². The summed E-state index contributed by atoms with van der Waals surface area (Å²) in [4.78, 5) is 54.0. The molecule has 0 atom stereocenters. The third-order valence-corrected chi connectivity index (χ3v) is 12.0. The molecule has 11 nitrogen and oxygen atoms in total. The lowest BCUT2D eigenvalue weighted by Crippen LogP contribution is -2.10. The number of carbonyl (C=O) groups is 4. The highest BCUT2D eigenvalue weighted by Gasteiger charge is 2.19. The Hall–Kier alpha value is -8.71. The molecule has 7 rings (SSSR count). The number of hydrogen-bond acceptors (Lipinski definition) is 12. The van der Waals surface area contributed by atoms with E-state index in [0.717, 1.165) is 95.3 Å². The number of aromatic nitrogens is 1. The first kappa shape index (κ1) is 52.1. The van der Waals surface area contributed by atoms with Gasteiger partial charge in [0.15, 0.2) is 0 Å². The number of esters is 4. The second-order valence-electron chi connectivity index (χ2n) is 16.4. The van der Waals surface area contributed by atoms with Gasteiger partial charge in [0.05, 0.1) is 53.3 Å². The highest BCUT2D eigenvalue weighted by molar-refractivity contribution is 7.21. The fourth-order valence-electron chi connectivity index (χ4n) is 7.04. The summed E-state index contributed by atoms with van der Waals surface area (Å²) in [6.07, 6.45) is 9.58. The standard InChI is InChI=1S/C61H53NO10S/c1-3-57(63)69-41-13-7-5-11-39-67-50-33-25-46(26-34-50)19-17-44-21-29-48(30-22-44)60(65)71-52-37-38-55(53(43-52)59-62-54-15-9-10-16-56(54)73-59)72-61(66)49-31-23-45(24-32-49)18-20-47-27-35-51(36-28-47)68-40-12-6-8-14-42-70-58(64)4-2/h3-4,9-10,15-16,21-38,43H,1-2,5-8,11-14,39-42H2. The summed E-state index contributed by atoms with van der Waals surface area (Å²) in [6, 6.07) is 41.3. The molecule has 0 fully saturated rings. The Bertz CT molecular complexity index is 3100. The Labute approximate surface area is 429 Å². The topological polar surface area (TPSA) is 137 Å². The molecule has 1 aromatic heterocycles. The molecular formula is C61H53NO10S. The second-order valence-corrected chi connectivity index (χ2v) is 17.4. The first-order chi connectivity index (χ1) is 35.7. The van der Waals surface area contributed by atoms with E-state index in [1.54, 1.807) is 66.7 Å². The maximum Gasteiger partial charge on any atom is 0.343 e. The molecule has 0 spiro atoms. The van der Waals surface area contributed by atoms with Crippen molar-refractivity contribution in [3.63, 3.8) is 0 Å². The van der Waals surface area contributed by atoms with E-state index < -0.39 is 23.9 Å². The molecule has 368 valence electrons. The molecule has 1 heterocycles. The molecule has 0 N–H and O–H groups in total. The van der Waals surface area contributed by atoms with Gasteiger partial charge in [0, 0.05) is 34.4 Å². The molecule has 0 unspecified atom stereocenters. The van der Waals surface area contributed by atoms with Crippen LogP contribution in [0.2, 0.25) is 0 Å². The molecule has 73 heavy (non-hydrogen) atoms. The molecule has 0 aliphatic heterocycles. The minimum Gasteiger partial charge on any atom is -0.494 e. The molecule has 12 heteroatoms. The van der Waals surface area contributed by atoms with Crippen LogP contribution in [-0.2, 0) is 19.1 Å². The normalized spacial score (nSPS) is 10.4. The molecular weight excluding hydrogens is 939 g/mol. The van der Waals surface area contributed by atoms with Gasteiger partial charge in [0.25, 0.3) is 0 Å². The summed E-state index contributed by atoms with van der Waals surface area (Å²) < 4.78 is 34.5. The van der Waals surface area contributed by atoms with Crippen molar-refractivity contribution in [2.45, 2.75) is 51.4 Å². The van der Waals surface area contributed by atoms with Gasteiger partial charge < -0.3 is 28.4 Å². The Balaban J connectivity index is 0.911. The van der Waals surface area contributed by atoms with Crippen LogP contribution in [0.4, 0.5) is 0 Å². The Kier molecular flexibility index (Phi) is 19.7. The maximum absolute atomic E-state index is 13.6. The Morgan fingerprint density at radius 2 is 0.904 bits per heavy atom. The van der Waals surface area contributed by atoms with Crippen molar-refractivity contribution < 1.29 is 47.6 Å². The number of unbranched alkanes of at least 4 members (excludes halogenated alkanes) is 6. The predicted molar refractivity (Wildman–Crippen MR) is 283 cm³/mol. The largest absolute Gasteiger partial charge is 0.494 e. The van der Waals surface area contributed by atoms with Crippen LogP contribution in [0, 0.1) is 23.7 Å². The van der Waals surface area contributed by atoms with Gasteiger partial charge in [0.1, 0.15) is 28.0 Å². The zero-order chi connectivity index (χ0) is 51.0. The SMILES string of the molecule is C=CC(=O)OCCCCCCOc1ccc(C#Cc2ccc(C(=O)Oc3ccc(OC(=O)c4ccc(C#Cc5ccc(OCCCCCCOC(=O)C=C)cc5)cc4)c(-c4nc5ccccc5s4)c3)cc2)cc1. The monoisotopic (exact) mass is 991 g/mol. The highest BCUT2D eigenvalue weighted by atomic mass is 32.1. The van der Waals surface area contributed by atoms with Gasteiger partial charge in [-0.05, 0) is 179 Å². The van der Waals surface area contributed by atoms with E-state index in [4.69, 9.17) is 33.4 Å². The van der Waals surface area contributed by atoms with Gasteiger partial charge in [-0.2, -0.15) is 0 Å². The third-order valence-electron chi connectivity index (χ3n) is 11.0. The number of benzene rings is 6. The van der Waals surface area contributed by atoms with Gasteiger partial charge in [-0.1, -0.05) is 49.0 Å². The number of ether oxygens (including phenoxy) is 6. The van der Waals surface area contributed by atoms with Gasteiger partial charge >= 0.3 is 23.9 Å². The Morgan fingerprint density at radius 1 is 0.479 bits per heavy atom. The van der Waals surface area contributed by atoms with Crippen LogP contribution >= 0.6 is 11.3 Å². The fourth-order valence-corrected chi connectivity index (χ4v) is 8.02. The minimum absolute atomic E-state index is 0.248. The van der Waals surface area contributed by atoms with E-state index in [0.29, 0.717) is 48.1 Å². The van der Waals surface area contributed by atoms with Crippen molar-refractivity contribution in [2.75, 3.05) is 26.4 Å². The van der Waals surface area contributed by atoms with E-state index in [-0.39, 0.29) is 11.5 Å². The summed E-state index contributed by atoms with van der Waals surface area (Å²) in [5.41, 5.74) is 5.00. The lowest BCUT2D eigenvalue weighted by atomic mass is 10.1. The average molecular weight is 992 g/mol. The first-order valence-electron chi connectivity index (χ1n) is 24.0. The number of nitrogens with zero attached hydrogens (tertiary/aromatic N) is 1. The van der Waals surface area contributed by atoms with Crippen LogP contribution in [0.15, 0.2) is 165 Å². The van der Waals surface area contributed by atoms with E-state index >= 15 is 0 Å². The smallest absolute Gasteiger partial charge is 0.343 e. The van der Waals surface area contributed by atoms with Crippen LogP contribution in [0.3, 0.4) is 0 Å². The zero-order valence-corrected chi connectivity index (χ0v) is 41.1. The van der Waals surface area contributed by atoms with E-state index in [9.17, 15) is 19.2 Å². The average Bonchev–Trinajstić information content (AvgIpc) is 3.87. The van der Waals surface area contributed by atoms with Crippen molar-refractivity contribution >= 4 is 45.4 Å². The molecule has 0 aliphatic rings. The fraction of sp³-hybridized carbons (Fsp3) is 0.197. The zero-order valence-electron chi connectivity index (χ0n) is 40.3. The summed E-state index contributed by atoms with van der Waals surface area (Å²) in [5.74, 6) is 12.7. The lowest BCUT2D eigenvalue weighted by Gasteiger charge is -2.11. The second kappa shape index (κ2) is 27.6. The maximum atomic E-state index is 13.6. The van der Waals surface area contributed by atoms with Gasteiger partial charge in [-0.25, -0.2) is 24.2 Å². The molecule has 0 amide bonds.